The minimum atomic E-state index is 0.0183. The number of aromatic nitrogens is 3. The van der Waals surface area contributed by atoms with Crippen LogP contribution in [0.15, 0.2) is 36.4 Å². The largest absolute Gasteiger partial charge is 0.490 e. The second kappa shape index (κ2) is 6.58. The van der Waals surface area contributed by atoms with E-state index in [1.807, 2.05) is 24.3 Å². The van der Waals surface area contributed by atoms with Crippen LogP contribution in [0.4, 0.5) is 0 Å². The Kier molecular flexibility index (Phi) is 4.52. The van der Waals surface area contributed by atoms with Gasteiger partial charge in [0.05, 0.1) is 6.61 Å². The molecule has 0 bridgehead atoms. The second-order valence-electron chi connectivity index (χ2n) is 10.7. The summed E-state index contributed by atoms with van der Waals surface area (Å²) in [5.41, 5.74) is 5.66. The SMILES string of the molecule is CCC1(C)COc2c(-n3nc4ccccc4n3)cc(C(C)(C)CC(C)(C)C)cc21. The molecule has 4 rings (SSSR count). The molecule has 2 aromatic carbocycles. The zero-order chi connectivity index (χ0) is 21.0. The third kappa shape index (κ3) is 3.54. The highest BCUT2D eigenvalue weighted by atomic mass is 16.5. The minimum absolute atomic E-state index is 0.0183. The van der Waals surface area contributed by atoms with Crippen molar-refractivity contribution >= 4 is 11.0 Å². The lowest BCUT2D eigenvalue weighted by Gasteiger charge is -2.34. The van der Waals surface area contributed by atoms with Gasteiger partial charge in [-0.25, -0.2) is 0 Å². The van der Waals surface area contributed by atoms with Gasteiger partial charge in [0.1, 0.15) is 16.7 Å². The Labute approximate surface area is 174 Å². The van der Waals surface area contributed by atoms with Crippen LogP contribution in [0.1, 0.15) is 72.4 Å². The van der Waals surface area contributed by atoms with Crippen LogP contribution in [0.3, 0.4) is 0 Å². The first-order valence-electron chi connectivity index (χ1n) is 10.7. The van der Waals surface area contributed by atoms with Crippen LogP contribution in [-0.4, -0.2) is 21.6 Å². The van der Waals surface area contributed by atoms with Crippen LogP contribution in [0, 0.1) is 5.41 Å². The molecule has 1 aliphatic heterocycles. The molecule has 29 heavy (non-hydrogen) atoms. The quantitative estimate of drug-likeness (QED) is 0.532. The van der Waals surface area contributed by atoms with E-state index in [0.29, 0.717) is 6.61 Å². The lowest BCUT2D eigenvalue weighted by Crippen LogP contribution is -2.26. The molecule has 3 aromatic rings. The van der Waals surface area contributed by atoms with Gasteiger partial charge in [0, 0.05) is 11.0 Å². The molecule has 1 aliphatic rings. The van der Waals surface area contributed by atoms with Gasteiger partial charge in [-0.15, -0.1) is 15.0 Å². The fourth-order valence-corrected chi connectivity index (χ4v) is 4.75. The maximum absolute atomic E-state index is 6.25. The first kappa shape index (κ1) is 19.9. The van der Waals surface area contributed by atoms with Crippen molar-refractivity contribution in [1.29, 1.82) is 0 Å². The molecule has 4 nitrogen and oxygen atoms in total. The Morgan fingerprint density at radius 3 is 2.21 bits per heavy atom. The van der Waals surface area contributed by atoms with E-state index >= 15 is 0 Å². The van der Waals surface area contributed by atoms with Crippen LogP contribution in [-0.2, 0) is 10.8 Å². The van der Waals surface area contributed by atoms with Gasteiger partial charge in [-0.3, -0.25) is 0 Å². The molecule has 1 aromatic heterocycles. The molecule has 0 amide bonds. The zero-order valence-corrected chi connectivity index (χ0v) is 18.8. The van der Waals surface area contributed by atoms with Gasteiger partial charge in [-0.1, -0.05) is 66.7 Å². The third-order valence-corrected chi connectivity index (χ3v) is 6.29. The van der Waals surface area contributed by atoms with Gasteiger partial charge in [0.15, 0.2) is 5.75 Å². The normalized spacial score (nSPS) is 19.4. The highest BCUT2D eigenvalue weighted by Gasteiger charge is 2.39. The molecular formula is C25H33N3O. The van der Waals surface area contributed by atoms with Crippen molar-refractivity contribution in [2.75, 3.05) is 6.61 Å². The molecule has 2 heterocycles. The van der Waals surface area contributed by atoms with E-state index in [1.165, 1.54) is 11.1 Å². The first-order valence-corrected chi connectivity index (χ1v) is 10.7. The summed E-state index contributed by atoms with van der Waals surface area (Å²) in [6.45, 7) is 16.9. The van der Waals surface area contributed by atoms with Crippen LogP contribution in [0.5, 0.6) is 5.75 Å². The number of ether oxygens (including phenoxy) is 1. The van der Waals surface area contributed by atoms with Crippen LogP contribution >= 0.6 is 0 Å². The summed E-state index contributed by atoms with van der Waals surface area (Å²) in [5, 5.41) is 9.51. The van der Waals surface area contributed by atoms with E-state index in [4.69, 9.17) is 14.9 Å². The maximum Gasteiger partial charge on any atom is 0.150 e. The summed E-state index contributed by atoms with van der Waals surface area (Å²) in [6.07, 6.45) is 2.13. The molecule has 1 unspecified atom stereocenters. The molecular weight excluding hydrogens is 358 g/mol. The monoisotopic (exact) mass is 391 g/mol. The average molecular weight is 392 g/mol. The van der Waals surface area contributed by atoms with Crippen molar-refractivity contribution in [2.24, 2.45) is 5.41 Å². The molecule has 0 radical (unpaired) electrons. The lowest BCUT2D eigenvalue weighted by molar-refractivity contribution is 0.272. The molecule has 0 aliphatic carbocycles. The van der Waals surface area contributed by atoms with E-state index < -0.39 is 0 Å². The van der Waals surface area contributed by atoms with Crippen molar-refractivity contribution in [3.63, 3.8) is 0 Å². The minimum Gasteiger partial charge on any atom is -0.490 e. The van der Waals surface area contributed by atoms with E-state index in [2.05, 4.69) is 60.6 Å². The fraction of sp³-hybridized carbons (Fsp3) is 0.520. The maximum atomic E-state index is 6.25. The van der Waals surface area contributed by atoms with Crippen LogP contribution in [0.25, 0.3) is 16.7 Å². The van der Waals surface area contributed by atoms with Crippen molar-refractivity contribution in [2.45, 2.75) is 72.1 Å². The zero-order valence-electron chi connectivity index (χ0n) is 18.8. The van der Waals surface area contributed by atoms with E-state index in [1.54, 1.807) is 4.80 Å². The van der Waals surface area contributed by atoms with E-state index in [9.17, 15) is 0 Å². The summed E-state index contributed by atoms with van der Waals surface area (Å²) in [6, 6.07) is 12.6. The molecule has 0 saturated heterocycles. The number of fused-ring (bicyclic) bond motifs is 2. The number of hydrogen-bond acceptors (Lipinski definition) is 3. The predicted molar refractivity (Wildman–Crippen MR) is 119 cm³/mol. The standard InChI is InChI=1S/C25H33N3O/c1-8-25(7)16-29-22-18(25)13-17(24(5,6)15-23(2,3)4)14-21(22)28-26-19-11-9-10-12-20(19)27-28/h9-14H,8,15-16H2,1-7H3. The van der Waals surface area contributed by atoms with E-state index in [0.717, 1.165) is 35.3 Å². The molecule has 154 valence electrons. The summed E-state index contributed by atoms with van der Waals surface area (Å²) < 4.78 is 6.25. The Balaban J connectivity index is 1.93. The van der Waals surface area contributed by atoms with Gasteiger partial charge < -0.3 is 4.74 Å². The van der Waals surface area contributed by atoms with Crippen molar-refractivity contribution in [1.82, 2.24) is 15.0 Å². The molecule has 0 spiro atoms. The van der Waals surface area contributed by atoms with Crippen molar-refractivity contribution < 1.29 is 4.74 Å². The molecule has 4 heteroatoms. The summed E-state index contributed by atoms with van der Waals surface area (Å²) in [7, 11) is 0. The first-order chi connectivity index (χ1) is 13.5. The van der Waals surface area contributed by atoms with Gasteiger partial charge in [0.25, 0.3) is 0 Å². The summed E-state index contributed by atoms with van der Waals surface area (Å²) >= 11 is 0. The van der Waals surface area contributed by atoms with Gasteiger partial charge in [-0.05, 0) is 47.4 Å². The number of benzene rings is 2. The number of hydrogen-bond donors (Lipinski definition) is 0. The van der Waals surface area contributed by atoms with Crippen LogP contribution in [0.2, 0.25) is 0 Å². The van der Waals surface area contributed by atoms with Crippen molar-refractivity contribution in [3.05, 3.63) is 47.5 Å². The van der Waals surface area contributed by atoms with Gasteiger partial charge in [-0.2, -0.15) is 0 Å². The molecule has 0 saturated carbocycles. The lowest BCUT2D eigenvalue weighted by atomic mass is 9.70. The Hall–Kier alpha value is -2.36. The fourth-order valence-electron chi connectivity index (χ4n) is 4.75. The van der Waals surface area contributed by atoms with Crippen molar-refractivity contribution in [3.8, 4) is 11.4 Å². The smallest absolute Gasteiger partial charge is 0.150 e. The Bertz CT molecular complexity index is 1020. The molecule has 0 N–H and O–H groups in total. The van der Waals surface area contributed by atoms with Crippen LogP contribution < -0.4 is 4.74 Å². The van der Waals surface area contributed by atoms with Gasteiger partial charge in [0.2, 0.25) is 0 Å². The summed E-state index contributed by atoms with van der Waals surface area (Å²) in [5.74, 6) is 0.935. The number of rotatable bonds is 4. The summed E-state index contributed by atoms with van der Waals surface area (Å²) in [4.78, 5) is 1.77. The Morgan fingerprint density at radius 1 is 1.03 bits per heavy atom. The topological polar surface area (TPSA) is 39.9 Å². The average Bonchev–Trinajstić information content (AvgIpc) is 3.21. The Morgan fingerprint density at radius 2 is 1.66 bits per heavy atom. The highest BCUT2D eigenvalue weighted by Crippen LogP contribution is 2.47. The number of nitrogens with zero attached hydrogens (tertiary/aromatic N) is 3. The predicted octanol–water partition coefficient (Wildman–Crippen LogP) is 6.19. The van der Waals surface area contributed by atoms with E-state index in [-0.39, 0.29) is 16.2 Å². The molecule has 1 atom stereocenters. The molecule has 0 fully saturated rings. The van der Waals surface area contributed by atoms with Gasteiger partial charge >= 0.3 is 0 Å². The highest BCUT2D eigenvalue weighted by molar-refractivity contribution is 5.74. The third-order valence-electron chi connectivity index (χ3n) is 6.29. The second-order valence-corrected chi connectivity index (χ2v) is 10.7.